The molecule has 2 heterocycles. The maximum atomic E-state index is 13.6. The van der Waals surface area contributed by atoms with Gasteiger partial charge in [-0.1, -0.05) is 32.0 Å². The van der Waals surface area contributed by atoms with E-state index in [0.29, 0.717) is 29.2 Å². The second-order valence-electron chi connectivity index (χ2n) is 10.2. The fourth-order valence-corrected chi connectivity index (χ4v) is 4.65. The lowest BCUT2D eigenvalue weighted by molar-refractivity contribution is -0.138. The normalized spacial score (nSPS) is 12.6. The Labute approximate surface area is 223 Å². The van der Waals surface area contributed by atoms with Gasteiger partial charge in [0.2, 0.25) is 5.91 Å². The Morgan fingerprint density at radius 1 is 1.11 bits per heavy atom. The Hall–Kier alpha value is -4.18. The molecule has 3 aromatic rings. The number of carbonyl (C=O) groups excluding carboxylic acids is 1. The number of carbonyl (C=O) groups is 2. The van der Waals surface area contributed by atoms with E-state index in [1.165, 1.54) is 16.8 Å². The van der Waals surface area contributed by atoms with Crippen LogP contribution in [-0.4, -0.2) is 26.5 Å². The fraction of sp³-hybridized carbons (Fsp3) is 0.355. The minimum atomic E-state index is -1.07. The van der Waals surface area contributed by atoms with Gasteiger partial charge in [-0.15, -0.1) is 6.42 Å². The van der Waals surface area contributed by atoms with E-state index in [1.54, 1.807) is 12.3 Å². The van der Waals surface area contributed by atoms with Gasteiger partial charge in [-0.2, -0.15) is 0 Å². The zero-order chi connectivity index (χ0) is 28.0. The smallest absolute Gasteiger partial charge is 0.305 e. The van der Waals surface area contributed by atoms with E-state index in [4.69, 9.17) is 6.42 Å². The molecule has 0 unspecified atom stereocenters. The average Bonchev–Trinajstić information content (AvgIpc) is 2.84. The largest absolute Gasteiger partial charge is 0.481 e. The number of hydrogen-bond acceptors (Lipinski definition) is 4. The van der Waals surface area contributed by atoms with Gasteiger partial charge in [-0.05, 0) is 85.4 Å². The zero-order valence-corrected chi connectivity index (χ0v) is 22.6. The van der Waals surface area contributed by atoms with Gasteiger partial charge in [0.15, 0.2) is 0 Å². The monoisotopic (exact) mass is 513 g/mol. The lowest BCUT2D eigenvalue weighted by atomic mass is 9.92. The summed E-state index contributed by atoms with van der Waals surface area (Å²) in [5.41, 5.74) is 5.13. The highest BCUT2D eigenvalue weighted by molar-refractivity contribution is 5.82. The minimum absolute atomic E-state index is 0.277. The molecule has 0 aliphatic rings. The van der Waals surface area contributed by atoms with Gasteiger partial charge in [0.1, 0.15) is 11.7 Å². The summed E-state index contributed by atoms with van der Waals surface area (Å²) >= 11 is 0. The molecule has 0 radical (unpaired) electrons. The molecule has 1 aromatic carbocycles. The predicted octanol–water partition coefficient (Wildman–Crippen LogP) is 5.13. The number of nitrogens with zero attached hydrogens (tertiary/aromatic N) is 2. The summed E-state index contributed by atoms with van der Waals surface area (Å²) in [5.74, 6) is 1.45. The Morgan fingerprint density at radius 2 is 1.79 bits per heavy atom. The highest BCUT2D eigenvalue weighted by Gasteiger charge is 2.27. The molecule has 0 aliphatic heterocycles. The summed E-state index contributed by atoms with van der Waals surface area (Å²) in [4.78, 5) is 42.7. The molecule has 0 saturated heterocycles. The fourth-order valence-electron chi connectivity index (χ4n) is 4.65. The van der Waals surface area contributed by atoms with Crippen LogP contribution in [0.1, 0.15) is 73.1 Å². The van der Waals surface area contributed by atoms with Crippen molar-refractivity contribution in [3.63, 3.8) is 0 Å². The number of aliphatic carboxylic acids is 1. The molecule has 0 saturated carbocycles. The summed E-state index contributed by atoms with van der Waals surface area (Å²) in [7, 11) is 0. The van der Waals surface area contributed by atoms with Crippen LogP contribution in [0.5, 0.6) is 0 Å². The first-order valence-corrected chi connectivity index (χ1v) is 12.8. The van der Waals surface area contributed by atoms with Crippen LogP contribution in [0.15, 0.2) is 53.6 Å². The second-order valence-corrected chi connectivity index (χ2v) is 10.2. The lowest BCUT2D eigenvalue weighted by Crippen LogP contribution is -2.39. The number of rotatable bonds is 10. The summed E-state index contributed by atoms with van der Waals surface area (Å²) in [6, 6.07) is 9.34. The third-order valence-electron chi connectivity index (χ3n) is 6.65. The molecule has 1 amide bonds. The van der Waals surface area contributed by atoms with Crippen LogP contribution in [0.4, 0.5) is 0 Å². The highest BCUT2D eigenvalue weighted by Crippen LogP contribution is 2.32. The van der Waals surface area contributed by atoms with Crippen molar-refractivity contribution >= 4 is 11.9 Å². The Bertz CT molecular complexity index is 1410. The summed E-state index contributed by atoms with van der Waals surface area (Å²) in [6.45, 7) is 9.87. The number of terminal acetylenes is 1. The molecule has 7 heteroatoms. The standard InChI is InChI=1S/C31H35N3O4/c1-7-25-24(30-21(5)9-8-10-22(30)6)16-23(18-32-25)26(17-29(36)37)33-31(38)27(12-11-19(2)3)34-14-13-20(4)15-28(34)35/h1,8-10,13-16,18-19,26-27H,11-12,17H2,2-6H3,(H,33,38)(H,36,37)/t26-,27-/m0/s1. The Kier molecular flexibility index (Phi) is 9.25. The average molecular weight is 514 g/mol. The Morgan fingerprint density at radius 3 is 2.37 bits per heavy atom. The first-order chi connectivity index (χ1) is 18.0. The molecule has 0 aliphatic carbocycles. The molecule has 198 valence electrons. The first kappa shape index (κ1) is 28.4. The number of carboxylic acid groups (broad SMARTS) is 1. The quantitative estimate of drug-likeness (QED) is 0.366. The van der Waals surface area contributed by atoms with Crippen molar-refractivity contribution < 1.29 is 14.7 Å². The van der Waals surface area contributed by atoms with Crippen molar-refractivity contribution in [2.45, 2.75) is 66.0 Å². The molecule has 0 fully saturated rings. The number of carboxylic acids is 1. The van der Waals surface area contributed by atoms with E-state index in [1.807, 2.05) is 58.9 Å². The van der Waals surface area contributed by atoms with Crippen molar-refractivity contribution in [1.29, 1.82) is 0 Å². The third-order valence-corrected chi connectivity index (χ3v) is 6.65. The van der Waals surface area contributed by atoms with E-state index in [2.05, 4.69) is 16.2 Å². The summed E-state index contributed by atoms with van der Waals surface area (Å²) in [6.07, 6.45) is 9.70. The van der Waals surface area contributed by atoms with E-state index in [9.17, 15) is 19.5 Å². The summed E-state index contributed by atoms with van der Waals surface area (Å²) in [5, 5.41) is 12.6. The number of benzene rings is 1. The van der Waals surface area contributed by atoms with Gasteiger partial charge in [0.05, 0.1) is 12.5 Å². The molecule has 38 heavy (non-hydrogen) atoms. The topological polar surface area (TPSA) is 101 Å². The number of nitrogens with one attached hydrogen (secondary N) is 1. The van der Waals surface area contributed by atoms with Crippen LogP contribution in [0.25, 0.3) is 11.1 Å². The molecule has 7 nitrogen and oxygen atoms in total. The number of aromatic nitrogens is 2. The predicted molar refractivity (Wildman–Crippen MR) is 149 cm³/mol. The van der Waals surface area contributed by atoms with Gasteiger partial charge in [-0.3, -0.25) is 14.4 Å². The molecule has 3 rings (SSSR count). The summed E-state index contributed by atoms with van der Waals surface area (Å²) < 4.78 is 1.42. The third kappa shape index (κ3) is 6.77. The SMILES string of the molecule is C#Cc1ncc([C@H](CC(=O)O)NC(=O)[C@H](CCC(C)C)n2ccc(C)cc2=O)cc1-c1c(C)cccc1C. The molecule has 0 spiro atoms. The second kappa shape index (κ2) is 12.4. The van der Waals surface area contributed by atoms with Crippen LogP contribution < -0.4 is 10.9 Å². The maximum Gasteiger partial charge on any atom is 0.305 e. The first-order valence-electron chi connectivity index (χ1n) is 12.8. The van der Waals surface area contributed by atoms with Crippen molar-refractivity contribution in [2.24, 2.45) is 5.92 Å². The minimum Gasteiger partial charge on any atom is -0.481 e. The number of pyridine rings is 2. The van der Waals surface area contributed by atoms with Gasteiger partial charge >= 0.3 is 5.97 Å². The van der Waals surface area contributed by atoms with Crippen LogP contribution in [0.2, 0.25) is 0 Å². The maximum absolute atomic E-state index is 13.6. The number of hydrogen-bond donors (Lipinski definition) is 2. The van der Waals surface area contributed by atoms with E-state index >= 15 is 0 Å². The van der Waals surface area contributed by atoms with Crippen molar-refractivity contribution in [1.82, 2.24) is 14.9 Å². The molecule has 2 aromatic heterocycles. The number of amides is 1. The van der Waals surface area contributed by atoms with Crippen LogP contribution >= 0.6 is 0 Å². The zero-order valence-electron chi connectivity index (χ0n) is 22.6. The molecule has 2 N–H and O–H groups in total. The lowest BCUT2D eigenvalue weighted by Gasteiger charge is -2.25. The Balaban J connectivity index is 2.05. The van der Waals surface area contributed by atoms with E-state index in [-0.39, 0.29) is 12.0 Å². The van der Waals surface area contributed by atoms with E-state index < -0.39 is 24.0 Å². The molecular formula is C31H35N3O4. The van der Waals surface area contributed by atoms with Crippen LogP contribution in [-0.2, 0) is 9.59 Å². The van der Waals surface area contributed by atoms with Crippen molar-refractivity contribution in [2.75, 3.05) is 0 Å². The van der Waals surface area contributed by atoms with Gasteiger partial charge in [0, 0.05) is 24.0 Å². The van der Waals surface area contributed by atoms with Crippen LogP contribution in [0.3, 0.4) is 0 Å². The number of aryl methyl sites for hydroxylation is 3. The van der Waals surface area contributed by atoms with Gasteiger partial charge < -0.3 is 15.0 Å². The molecule has 2 atom stereocenters. The van der Waals surface area contributed by atoms with E-state index in [0.717, 1.165) is 28.7 Å². The highest BCUT2D eigenvalue weighted by atomic mass is 16.4. The van der Waals surface area contributed by atoms with Crippen molar-refractivity contribution in [3.8, 4) is 23.5 Å². The van der Waals surface area contributed by atoms with Crippen molar-refractivity contribution in [3.05, 3.63) is 87.1 Å². The van der Waals surface area contributed by atoms with Crippen LogP contribution in [0, 0.1) is 39.0 Å². The molecular weight excluding hydrogens is 478 g/mol. The molecule has 0 bridgehead atoms. The van der Waals surface area contributed by atoms with Gasteiger partial charge in [0.25, 0.3) is 5.56 Å². The van der Waals surface area contributed by atoms with Gasteiger partial charge in [-0.25, -0.2) is 4.98 Å².